The van der Waals surface area contributed by atoms with Gasteiger partial charge in [-0.15, -0.1) is 0 Å². The molecular formula is C23H27N5O2. The van der Waals surface area contributed by atoms with Gasteiger partial charge in [-0.05, 0) is 49.4 Å². The van der Waals surface area contributed by atoms with Crippen LogP contribution in [0.5, 0.6) is 0 Å². The van der Waals surface area contributed by atoms with Crippen molar-refractivity contribution in [3.05, 3.63) is 60.3 Å². The van der Waals surface area contributed by atoms with E-state index < -0.39 is 0 Å². The number of amides is 2. The minimum absolute atomic E-state index is 0.0749. The molecule has 0 aromatic carbocycles. The lowest BCUT2D eigenvalue weighted by Gasteiger charge is -2.32. The molecule has 7 heteroatoms. The smallest absolute Gasteiger partial charge is 0.267 e. The third kappa shape index (κ3) is 4.84. The number of H-pyrrole nitrogens is 1. The maximum absolute atomic E-state index is 12.5. The first kappa shape index (κ1) is 20.1. The summed E-state index contributed by atoms with van der Waals surface area (Å²) in [5.74, 6) is 0.684. The van der Waals surface area contributed by atoms with Gasteiger partial charge in [-0.2, -0.15) is 0 Å². The molecule has 2 amide bonds. The molecule has 1 aliphatic heterocycles. The number of unbranched alkanes of at least 4 members (excludes halogenated alkanes) is 1. The van der Waals surface area contributed by atoms with E-state index in [1.54, 1.807) is 36.9 Å². The van der Waals surface area contributed by atoms with Crippen molar-refractivity contribution in [2.45, 2.75) is 32.1 Å². The second kappa shape index (κ2) is 9.52. The highest BCUT2D eigenvalue weighted by atomic mass is 16.2. The van der Waals surface area contributed by atoms with Gasteiger partial charge in [0.1, 0.15) is 5.69 Å². The third-order valence-electron chi connectivity index (χ3n) is 5.82. The van der Waals surface area contributed by atoms with Crippen LogP contribution in [-0.2, 0) is 0 Å². The van der Waals surface area contributed by atoms with Gasteiger partial charge in [0.15, 0.2) is 0 Å². The van der Waals surface area contributed by atoms with Crippen LogP contribution in [0.2, 0.25) is 0 Å². The van der Waals surface area contributed by atoms with Crippen LogP contribution in [0.1, 0.15) is 53.0 Å². The standard InChI is InChI=1S/C23H27N5O2/c29-22(21-15-19-16-25-12-6-20(19)27-21)26-9-2-1-3-17-7-13-28(14-8-17)23(30)18-4-10-24-11-5-18/h4-6,10-12,15-17,27H,1-3,7-9,13-14H2,(H,26,29). The van der Waals surface area contributed by atoms with Crippen LogP contribution in [0, 0.1) is 5.92 Å². The fourth-order valence-electron chi connectivity index (χ4n) is 4.05. The molecule has 1 aliphatic rings. The lowest BCUT2D eigenvalue weighted by molar-refractivity contribution is 0.0685. The zero-order valence-electron chi connectivity index (χ0n) is 17.0. The molecule has 0 saturated carbocycles. The summed E-state index contributed by atoms with van der Waals surface area (Å²) < 4.78 is 0. The van der Waals surface area contributed by atoms with Gasteiger partial charge in [0.25, 0.3) is 11.8 Å². The molecule has 0 unspecified atom stereocenters. The van der Waals surface area contributed by atoms with E-state index in [1.165, 1.54) is 0 Å². The predicted octanol–water partition coefficient (Wildman–Crippen LogP) is 3.41. The highest BCUT2D eigenvalue weighted by Crippen LogP contribution is 2.23. The number of carbonyl (C=O) groups excluding carboxylic acids is 2. The number of nitrogens with zero attached hydrogens (tertiary/aromatic N) is 3. The Morgan fingerprint density at radius 3 is 2.60 bits per heavy atom. The molecule has 4 heterocycles. The molecule has 2 N–H and O–H groups in total. The number of aromatic amines is 1. The summed E-state index contributed by atoms with van der Waals surface area (Å²) in [6, 6.07) is 7.24. The third-order valence-corrected chi connectivity index (χ3v) is 5.82. The van der Waals surface area contributed by atoms with Crippen LogP contribution in [0.4, 0.5) is 0 Å². The predicted molar refractivity (Wildman–Crippen MR) is 115 cm³/mol. The quantitative estimate of drug-likeness (QED) is 0.590. The maximum atomic E-state index is 12.5. The second-order valence-corrected chi connectivity index (χ2v) is 7.87. The molecule has 1 saturated heterocycles. The van der Waals surface area contributed by atoms with E-state index in [0.717, 1.165) is 56.1 Å². The van der Waals surface area contributed by atoms with Crippen LogP contribution in [-0.4, -0.2) is 51.3 Å². The Kier molecular flexibility index (Phi) is 6.37. The molecule has 1 fully saturated rings. The van der Waals surface area contributed by atoms with Crippen molar-refractivity contribution in [2.75, 3.05) is 19.6 Å². The van der Waals surface area contributed by atoms with Crippen molar-refractivity contribution in [3.63, 3.8) is 0 Å². The summed E-state index contributed by atoms with van der Waals surface area (Å²) in [6.45, 7) is 2.31. The number of aromatic nitrogens is 3. The van der Waals surface area contributed by atoms with Gasteiger partial charge in [-0.1, -0.05) is 12.8 Å². The average molecular weight is 406 g/mol. The maximum Gasteiger partial charge on any atom is 0.267 e. The first-order chi connectivity index (χ1) is 14.7. The number of pyridine rings is 2. The highest BCUT2D eigenvalue weighted by Gasteiger charge is 2.23. The molecule has 0 aliphatic carbocycles. The number of hydrogen-bond acceptors (Lipinski definition) is 4. The fraction of sp³-hybridized carbons (Fsp3) is 0.391. The normalized spacial score (nSPS) is 14.7. The van der Waals surface area contributed by atoms with E-state index in [4.69, 9.17) is 0 Å². The fourth-order valence-corrected chi connectivity index (χ4v) is 4.05. The minimum Gasteiger partial charge on any atom is -0.351 e. The summed E-state index contributed by atoms with van der Waals surface area (Å²) in [5, 5.41) is 3.93. The van der Waals surface area contributed by atoms with Gasteiger partial charge in [-0.3, -0.25) is 19.6 Å². The van der Waals surface area contributed by atoms with Crippen LogP contribution in [0.3, 0.4) is 0 Å². The van der Waals surface area contributed by atoms with E-state index in [1.807, 2.05) is 17.0 Å². The van der Waals surface area contributed by atoms with Crippen LogP contribution in [0.15, 0.2) is 49.1 Å². The van der Waals surface area contributed by atoms with Crippen LogP contribution < -0.4 is 5.32 Å². The Labute approximate surface area is 175 Å². The largest absolute Gasteiger partial charge is 0.351 e. The number of piperidine rings is 1. The number of likely N-dealkylation sites (tertiary alicyclic amines) is 1. The van der Waals surface area contributed by atoms with Crippen molar-refractivity contribution in [2.24, 2.45) is 5.92 Å². The monoisotopic (exact) mass is 405 g/mol. The van der Waals surface area contributed by atoms with Crippen LogP contribution in [0.25, 0.3) is 10.9 Å². The van der Waals surface area contributed by atoms with Gasteiger partial charge in [-0.25, -0.2) is 0 Å². The molecular weight excluding hydrogens is 378 g/mol. The SMILES string of the molecule is O=C(NCCCCC1CCN(C(=O)c2ccncc2)CC1)c1cc2cnccc2[nH]1. The topological polar surface area (TPSA) is 91.0 Å². The van der Waals surface area contributed by atoms with Crippen molar-refractivity contribution in [1.29, 1.82) is 0 Å². The molecule has 0 bridgehead atoms. The molecule has 3 aromatic rings. The molecule has 0 radical (unpaired) electrons. The molecule has 30 heavy (non-hydrogen) atoms. The molecule has 4 rings (SSSR count). The van der Waals surface area contributed by atoms with E-state index in [9.17, 15) is 9.59 Å². The summed E-state index contributed by atoms with van der Waals surface area (Å²) >= 11 is 0. The van der Waals surface area contributed by atoms with Gasteiger partial charge >= 0.3 is 0 Å². The first-order valence-corrected chi connectivity index (χ1v) is 10.6. The number of nitrogens with one attached hydrogen (secondary N) is 2. The summed E-state index contributed by atoms with van der Waals surface area (Å²) in [6.07, 6.45) is 12.1. The van der Waals surface area contributed by atoms with Crippen molar-refractivity contribution in [3.8, 4) is 0 Å². The summed E-state index contributed by atoms with van der Waals surface area (Å²) in [4.78, 5) is 37.9. The van der Waals surface area contributed by atoms with Gasteiger partial charge in [0.2, 0.25) is 0 Å². The van der Waals surface area contributed by atoms with Crippen molar-refractivity contribution >= 4 is 22.7 Å². The highest BCUT2D eigenvalue weighted by molar-refractivity contribution is 5.97. The summed E-state index contributed by atoms with van der Waals surface area (Å²) in [5.41, 5.74) is 2.21. The summed E-state index contributed by atoms with van der Waals surface area (Å²) in [7, 11) is 0. The Balaban J connectivity index is 1.13. The zero-order valence-corrected chi connectivity index (χ0v) is 17.0. The number of rotatable bonds is 7. The Bertz CT molecular complexity index is 960. The first-order valence-electron chi connectivity index (χ1n) is 10.6. The lowest BCUT2D eigenvalue weighted by Crippen LogP contribution is -2.38. The number of hydrogen-bond donors (Lipinski definition) is 2. The van der Waals surface area contributed by atoms with Crippen molar-refractivity contribution < 1.29 is 9.59 Å². The molecule has 0 spiro atoms. The van der Waals surface area contributed by atoms with Crippen LogP contribution >= 0.6 is 0 Å². The number of fused-ring (bicyclic) bond motifs is 1. The lowest BCUT2D eigenvalue weighted by atomic mass is 9.91. The van der Waals surface area contributed by atoms with Gasteiger partial charge < -0.3 is 15.2 Å². The second-order valence-electron chi connectivity index (χ2n) is 7.87. The van der Waals surface area contributed by atoms with E-state index in [2.05, 4.69) is 20.3 Å². The molecule has 7 nitrogen and oxygen atoms in total. The van der Waals surface area contributed by atoms with E-state index in [-0.39, 0.29) is 11.8 Å². The molecule has 3 aromatic heterocycles. The minimum atomic E-state index is -0.0749. The zero-order chi connectivity index (χ0) is 20.8. The van der Waals surface area contributed by atoms with Gasteiger partial charge in [0, 0.05) is 60.9 Å². The van der Waals surface area contributed by atoms with E-state index in [0.29, 0.717) is 23.7 Å². The van der Waals surface area contributed by atoms with E-state index >= 15 is 0 Å². The Morgan fingerprint density at radius 1 is 1.07 bits per heavy atom. The van der Waals surface area contributed by atoms with Crippen molar-refractivity contribution in [1.82, 2.24) is 25.2 Å². The Morgan fingerprint density at radius 2 is 1.83 bits per heavy atom. The average Bonchev–Trinajstić information content (AvgIpc) is 3.24. The molecule has 156 valence electrons. The number of carbonyl (C=O) groups is 2. The molecule has 0 atom stereocenters. The Hall–Kier alpha value is -3.22. The van der Waals surface area contributed by atoms with Gasteiger partial charge in [0.05, 0.1) is 0 Å².